The molecular formula is C26H24N4OS. The van der Waals surface area contributed by atoms with E-state index in [-0.39, 0.29) is 11.9 Å². The zero-order valence-electron chi connectivity index (χ0n) is 17.7. The third-order valence-electron chi connectivity index (χ3n) is 6.38. The first-order chi connectivity index (χ1) is 15.8. The molecule has 6 rings (SSSR count). The molecule has 4 aromatic rings. The normalized spacial score (nSPS) is 17.4. The van der Waals surface area contributed by atoms with Crippen LogP contribution in [0.4, 0.5) is 11.4 Å². The van der Waals surface area contributed by atoms with Crippen molar-refractivity contribution in [1.82, 2.24) is 14.9 Å². The summed E-state index contributed by atoms with van der Waals surface area (Å²) in [6.07, 6.45) is 2.45. The van der Waals surface area contributed by atoms with Gasteiger partial charge in [0, 0.05) is 29.3 Å². The topological polar surface area (TPSA) is 52.2 Å². The van der Waals surface area contributed by atoms with Crippen LogP contribution in [0.5, 0.6) is 0 Å². The summed E-state index contributed by atoms with van der Waals surface area (Å²) in [6, 6.07) is 25.0. The highest BCUT2D eigenvalue weighted by molar-refractivity contribution is 7.99. The smallest absolute Gasteiger partial charge is 0.224 e. The number of carbonyl (C=O) groups is 1. The molecule has 1 aromatic heterocycles. The predicted molar refractivity (Wildman–Crippen MR) is 128 cm³/mol. The number of nitrogens with zero attached hydrogens (tertiary/aromatic N) is 3. The standard InChI is InChI=1S/C26H24N4OS/c31-25(30-16-7-12-22(30)26-27-18-8-1-2-9-19(18)28-26)15-17-29-20-10-3-5-13-23(20)32-24-14-6-4-11-21(24)29/h1-6,8-11,13-14,22H,7,12,15-17H2,(H,27,28). The van der Waals surface area contributed by atoms with Gasteiger partial charge in [0.1, 0.15) is 5.82 Å². The molecule has 0 radical (unpaired) electrons. The number of rotatable bonds is 4. The van der Waals surface area contributed by atoms with Crippen LogP contribution in [0.15, 0.2) is 82.6 Å². The van der Waals surface area contributed by atoms with Gasteiger partial charge in [0.25, 0.3) is 0 Å². The number of para-hydroxylation sites is 4. The van der Waals surface area contributed by atoms with E-state index in [0.717, 1.165) is 36.2 Å². The molecule has 0 bridgehead atoms. The van der Waals surface area contributed by atoms with Crippen LogP contribution < -0.4 is 4.90 Å². The summed E-state index contributed by atoms with van der Waals surface area (Å²) in [4.78, 5) is 28.4. The molecule has 1 unspecified atom stereocenters. The van der Waals surface area contributed by atoms with E-state index in [1.807, 2.05) is 29.2 Å². The van der Waals surface area contributed by atoms with Gasteiger partial charge in [-0.15, -0.1) is 0 Å². The number of amides is 1. The van der Waals surface area contributed by atoms with Crippen LogP contribution in [0, 0.1) is 0 Å². The van der Waals surface area contributed by atoms with Crippen LogP contribution in [0.1, 0.15) is 31.1 Å². The van der Waals surface area contributed by atoms with Gasteiger partial charge in [0.15, 0.2) is 0 Å². The van der Waals surface area contributed by atoms with Crippen LogP contribution in [0.3, 0.4) is 0 Å². The zero-order chi connectivity index (χ0) is 21.5. The maximum atomic E-state index is 13.4. The highest BCUT2D eigenvalue weighted by Crippen LogP contribution is 2.47. The first-order valence-electron chi connectivity index (χ1n) is 11.2. The summed E-state index contributed by atoms with van der Waals surface area (Å²) in [5.41, 5.74) is 4.35. The number of hydrogen-bond donors (Lipinski definition) is 1. The lowest BCUT2D eigenvalue weighted by Crippen LogP contribution is -2.34. The Bertz CT molecular complexity index is 1220. The minimum atomic E-state index is 0.0337. The quantitative estimate of drug-likeness (QED) is 0.428. The van der Waals surface area contributed by atoms with Crippen LogP contribution in [0.25, 0.3) is 11.0 Å². The number of imidazole rings is 1. The van der Waals surface area contributed by atoms with E-state index in [0.29, 0.717) is 13.0 Å². The molecule has 1 fully saturated rings. The maximum absolute atomic E-state index is 13.4. The van der Waals surface area contributed by atoms with E-state index >= 15 is 0 Å². The third-order valence-corrected chi connectivity index (χ3v) is 7.51. The molecule has 1 N–H and O–H groups in total. The number of fused-ring (bicyclic) bond motifs is 3. The minimum absolute atomic E-state index is 0.0337. The van der Waals surface area contributed by atoms with Crippen LogP contribution in [-0.4, -0.2) is 33.9 Å². The van der Waals surface area contributed by atoms with Gasteiger partial charge < -0.3 is 14.8 Å². The van der Waals surface area contributed by atoms with Gasteiger partial charge in [-0.05, 0) is 49.2 Å². The van der Waals surface area contributed by atoms with Crippen molar-refractivity contribution in [3.05, 3.63) is 78.6 Å². The highest BCUT2D eigenvalue weighted by atomic mass is 32.2. The lowest BCUT2D eigenvalue weighted by molar-refractivity contribution is -0.132. The summed E-state index contributed by atoms with van der Waals surface area (Å²) in [5.74, 6) is 1.10. The molecule has 5 nitrogen and oxygen atoms in total. The number of aromatic nitrogens is 2. The van der Waals surface area contributed by atoms with Crippen molar-refractivity contribution in [3.8, 4) is 0 Å². The number of hydrogen-bond acceptors (Lipinski definition) is 4. The minimum Gasteiger partial charge on any atom is -0.340 e. The van der Waals surface area contributed by atoms with Crippen molar-refractivity contribution in [2.75, 3.05) is 18.0 Å². The average molecular weight is 441 g/mol. The van der Waals surface area contributed by atoms with Crippen molar-refractivity contribution >= 4 is 40.1 Å². The molecular weight excluding hydrogens is 416 g/mol. The fraction of sp³-hybridized carbons (Fsp3) is 0.231. The predicted octanol–water partition coefficient (Wildman–Crippen LogP) is 5.92. The Kier molecular flexibility index (Phi) is 4.87. The number of likely N-dealkylation sites (tertiary alicyclic amines) is 1. The summed E-state index contributed by atoms with van der Waals surface area (Å²) in [5, 5.41) is 0. The van der Waals surface area contributed by atoms with Gasteiger partial charge in [-0.25, -0.2) is 4.98 Å². The number of H-pyrrole nitrogens is 1. The van der Waals surface area contributed by atoms with Gasteiger partial charge in [-0.1, -0.05) is 48.2 Å². The fourth-order valence-corrected chi connectivity index (χ4v) is 5.95. The largest absolute Gasteiger partial charge is 0.340 e. The first kappa shape index (κ1) is 19.4. The van der Waals surface area contributed by atoms with Gasteiger partial charge in [0.2, 0.25) is 5.91 Å². The number of benzene rings is 3. The number of carbonyl (C=O) groups excluding carboxylic acids is 1. The van der Waals surface area contributed by atoms with E-state index in [9.17, 15) is 4.79 Å². The molecule has 160 valence electrons. The fourth-order valence-electron chi connectivity index (χ4n) is 4.85. The molecule has 0 aliphatic carbocycles. The molecule has 2 aliphatic rings. The van der Waals surface area contributed by atoms with Gasteiger partial charge in [0.05, 0.1) is 28.5 Å². The van der Waals surface area contributed by atoms with Gasteiger partial charge in [-0.2, -0.15) is 0 Å². The Morgan fingerprint density at radius 3 is 2.41 bits per heavy atom. The summed E-state index contributed by atoms with van der Waals surface area (Å²) >= 11 is 1.80. The Labute approximate surface area is 191 Å². The van der Waals surface area contributed by atoms with Gasteiger partial charge >= 0.3 is 0 Å². The Hall–Kier alpha value is -3.25. The zero-order valence-corrected chi connectivity index (χ0v) is 18.5. The Balaban J connectivity index is 1.23. The molecule has 0 spiro atoms. The lowest BCUT2D eigenvalue weighted by Gasteiger charge is -2.33. The van der Waals surface area contributed by atoms with Crippen molar-refractivity contribution in [1.29, 1.82) is 0 Å². The van der Waals surface area contributed by atoms with Crippen molar-refractivity contribution in [2.45, 2.75) is 35.1 Å². The average Bonchev–Trinajstić information content (AvgIpc) is 3.48. The summed E-state index contributed by atoms with van der Waals surface area (Å²) in [6.45, 7) is 1.46. The third kappa shape index (κ3) is 3.35. The molecule has 3 aromatic carbocycles. The summed E-state index contributed by atoms with van der Waals surface area (Å²) in [7, 11) is 0. The van der Waals surface area contributed by atoms with E-state index in [1.54, 1.807) is 11.8 Å². The van der Waals surface area contributed by atoms with E-state index in [1.165, 1.54) is 21.2 Å². The van der Waals surface area contributed by atoms with E-state index in [4.69, 9.17) is 4.98 Å². The van der Waals surface area contributed by atoms with Crippen molar-refractivity contribution in [3.63, 3.8) is 0 Å². The molecule has 2 aliphatic heterocycles. The Morgan fingerprint density at radius 1 is 0.969 bits per heavy atom. The lowest BCUT2D eigenvalue weighted by atomic mass is 10.2. The molecule has 6 heteroatoms. The molecule has 1 amide bonds. The molecule has 1 saturated heterocycles. The van der Waals surface area contributed by atoms with Crippen LogP contribution in [-0.2, 0) is 4.79 Å². The van der Waals surface area contributed by atoms with Gasteiger partial charge in [-0.3, -0.25) is 4.79 Å². The number of anilines is 2. The SMILES string of the molecule is O=C(CCN1c2ccccc2Sc2ccccc21)N1CCCC1c1nc2ccccc2[nH]1. The number of aromatic amines is 1. The second-order valence-corrected chi connectivity index (χ2v) is 9.41. The van der Waals surface area contributed by atoms with Crippen molar-refractivity contribution in [2.24, 2.45) is 0 Å². The molecule has 32 heavy (non-hydrogen) atoms. The van der Waals surface area contributed by atoms with E-state index in [2.05, 4.69) is 58.4 Å². The second-order valence-electron chi connectivity index (χ2n) is 8.32. The highest BCUT2D eigenvalue weighted by Gasteiger charge is 2.32. The monoisotopic (exact) mass is 440 g/mol. The maximum Gasteiger partial charge on any atom is 0.224 e. The molecule has 0 saturated carbocycles. The number of nitrogens with one attached hydrogen (secondary N) is 1. The van der Waals surface area contributed by atoms with Crippen LogP contribution >= 0.6 is 11.8 Å². The Morgan fingerprint density at radius 2 is 1.66 bits per heavy atom. The van der Waals surface area contributed by atoms with E-state index < -0.39 is 0 Å². The van der Waals surface area contributed by atoms with Crippen molar-refractivity contribution < 1.29 is 4.79 Å². The second kappa shape index (κ2) is 8.02. The molecule has 3 heterocycles. The van der Waals surface area contributed by atoms with Crippen LogP contribution in [0.2, 0.25) is 0 Å². The molecule has 1 atom stereocenters. The summed E-state index contributed by atoms with van der Waals surface area (Å²) < 4.78 is 0. The first-order valence-corrected chi connectivity index (χ1v) is 12.0.